The Kier molecular flexibility index (Phi) is 6.27. The lowest BCUT2D eigenvalue weighted by Gasteiger charge is -2.26. The van der Waals surface area contributed by atoms with Crippen LogP contribution in [0, 0.1) is 12.8 Å². The fourth-order valence-corrected chi connectivity index (χ4v) is 4.52. The summed E-state index contributed by atoms with van der Waals surface area (Å²) >= 11 is 0. The number of hydrogen-bond donors (Lipinski definition) is 2. The van der Waals surface area contributed by atoms with Gasteiger partial charge in [0.1, 0.15) is 11.5 Å². The molecule has 2 aromatic carbocycles. The Morgan fingerprint density at radius 1 is 1.10 bits per heavy atom. The molecule has 0 spiro atoms. The molecule has 6 nitrogen and oxygen atoms in total. The van der Waals surface area contributed by atoms with Crippen molar-refractivity contribution >= 4 is 10.9 Å². The van der Waals surface area contributed by atoms with E-state index in [0.717, 1.165) is 43.2 Å². The SMILES string of the molecule is COc1ccc(C2NNCC2CN(C)CCn2c(C)cc3ccccc32)c(OC)c1. The molecule has 1 saturated heterocycles. The Labute approximate surface area is 178 Å². The molecule has 0 amide bonds. The van der Waals surface area contributed by atoms with E-state index < -0.39 is 0 Å². The van der Waals surface area contributed by atoms with Crippen LogP contribution in [0.25, 0.3) is 10.9 Å². The van der Waals surface area contributed by atoms with Crippen LogP contribution in [0.2, 0.25) is 0 Å². The number of aromatic nitrogens is 1. The van der Waals surface area contributed by atoms with Crippen molar-refractivity contribution in [2.24, 2.45) is 5.92 Å². The zero-order chi connectivity index (χ0) is 21.1. The van der Waals surface area contributed by atoms with E-state index in [1.165, 1.54) is 16.6 Å². The van der Waals surface area contributed by atoms with Gasteiger partial charge in [0.05, 0.1) is 20.3 Å². The van der Waals surface area contributed by atoms with Gasteiger partial charge < -0.3 is 18.9 Å². The number of aryl methyl sites for hydroxylation is 1. The van der Waals surface area contributed by atoms with Crippen LogP contribution in [0.1, 0.15) is 17.3 Å². The first-order chi connectivity index (χ1) is 14.6. The summed E-state index contributed by atoms with van der Waals surface area (Å²) in [6.45, 7) is 6.10. The fourth-order valence-electron chi connectivity index (χ4n) is 4.52. The number of rotatable bonds is 8. The third kappa shape index (κ3) is 4.17. The molecule has 1 fully saturated rings. The first-order valence-electron chi connectivity index (χ1n) is 10.5. The second-order valence-electron chi connectivity index (χ2n) is 8.13. The van der Waals surface area contributed by atoms with Gasteiger partial charge >= 0.3 is 0 Å². The van der Waals surface area contributed by atoms with E-state index in [1.807, 2.05) is 12.1 Å². The number of fused-ring (bicyclic) bond motifs is 1. The van der Waals surface area contributed by atoms with Crippen molar-refractivity contribution in [3.05, 3.63) is 59.8 Å². The van der Waals surface area contributed by atoms with Crippen LogP contribution in [0.3, 0.4) is 0 Å². The maximum atomic E-state index is 5.64. The Bertz CT molecular complexity index is 1000. The molecule has 3 aromatic rings. The first kappa shape index (κ1) is 20.7. The second kappa shape index (κ2) is 9.08. The first-order valence-corrected chi connectivity index (χ1v) is 10.5. The Morgan fingerprint density at radius 2 is 1.93 bits per heavy atom. The number of ether oxygens (including phenoxy) is 2. The minimum absolute atomic E-state index is 0.197. The van der Waals surface area contributed by atoms with Gasteiger partial charge in [0.2, 0.25) is 0 Å². The third-order valence-electron chi connectivity index (χ3n) is 6.14. The molecule has 2 N–H and O–H groups in total. The normalized spacial score (nSPS) is 19.0. The van der Waals surface area contributed by atoms with Gasteiger partial charge in [-0.1, -0.05) is 24.3 Å². The molecular formula is C24H32N4O2. The third-order valence-corrected chi connectivity index (χ3v) is 6.14. The topological polar surface area (TPSA) is 50.7 Å². The quantitative estimate of drug-likeness (QED) is 0.599. The lowest BCUT2D eigenvalue weighted by molar-refractivity contribution is 0.258. The van der Waals surface area contributed by atoms with E-state index in [9.17, 15) is 0 Å². The lowest BCUT2D eigenvalue weighted by Crippen LogP contribution is -2.32. The van der Waals surface area contributed by atoms with E-state index in [4.69, 9.17) is 9.47 Å². The molecule has 4 rings (SSSR count). The molecule has 2 unspecified atom stereocenters. The van der Waals surface area contributed by atoms with E-state index in [1.54, 1.807) is 14.2 Å². The highest BCUT2D eigenvalue weighted by Crippen LogP contribution is 2.34. The van der Waals surface area contributed by atoms with Gasteiger partial charge in [-0.15, -0.1) is 0 Å². The Morgan fingerprint density at radius 3 is 2.73 bits per heavy atom. The van der Waals surface area contributed by atoms with Crippen molar-refractivity contribution in [3.63, 3.8) is 0 Å². The predicted octanol–water partition coefficient (Wildman–Crippen LogP) is 3.36. The maximum Gasteiger partial charge on any atom is 0.127 e. The van der Waals surface area contributed by atoms with Crippen LogP contribution in [0.5, 0.6) is 11.5 Å². The smallest absolute Gasteiger partial charge is 0.127 e. The van der Waals surface area contributed by atoms with Gasteiger partial charge in [0.15, 0.2) is 0 Å². The predicted molar refractivity (Wildman–Crippen MR) is 121 cm³/mol. The molecule has 2 heterocycles. The van der Waals surface area contributed by atoms with Crippen molar-refractivity contribution in [1.29, 1.82) is 0 Å². The van der Waals surface area contributed by atoms with Gasteiger partial charge in [-0.2, -0.15) is 0 Å². The van der Waals surface area contributed by atoms with Crippen LogP contribution in [0.4, 0.5) is 0 Å². The summed E-state index contributed by atoms with van der Waals surface area (Å²) in [7, 11) is 5.60. The molecule has 30 heavy (non-hydrogen) atoms. The molecule has 6 heteroatoms. The molecule has 0 bridgehead atoms. The number of para-hydroxylation sites is 1. The van der Waals surface area contributed by atoms with Crippen LogP contribution >= 0.6 is 0 Å². The van der Waals surface area contributed by atoms with Crippen molar-refractivity contribution in [2.45, 2.75) is 19.5 Å². The average Bonchev–Trinajstić information content (AvgIpc) is 3.34. The van der Waals surface area contributed by atoms with Gasteiger partial charge in [-0.05, 0) is 37.6 Å². The van der Waals surface area contributed by atoms with Crippen molar-refractivity contribution in [1.82, 2.24) is 20.3 Å². The molecule has 1 aromatic heterocycles. The van der Waals surface area contributed by atoms with E-state index in [-0.39, 0.29) is 6.04 Å². The van der Waals surface area contributed by atoms with Gasteiger partial charge in [-0.25, -0.2) is 5.43 Å². The number of methoxy groups -OCH3 is 2. The number of hydrogen-bond acceptors (Lipinski definition) is 5. The number of likely N-dealkylation sites (N-methyl/N-ethyl adjacent to an activating group) is 1. The van der Waals surface area contributed by atoms with Crippen LogP contribution in [0.15, 0.2) is 48.5 Å². The molecule has 0 radical (unpaired) electrons. The summed E-state index contributed by atoms with van der Waals surface area (Å²) in [6.07, 6.45) is 0. The number of nitrogens with zero attached hydrogens (tertiary/aromatic N) is 2. The summed E-state index contributed by atoms with van der Waals surface area (Å²) in [6, 6.07) is 17.1. The Balaban J connectivity index is 1.42. The van der Waals surface area contributed by atoms with Crippen molar-refractivity contribution in [2.75, 3.05) is 40.9 Å². The van der Waals surface area contributed by atoms with Crippen molar-refractivity contribution in [3.8, 4) is 11.5 Å². The van der Waals surface area contributed by atoms with Crippen LogP contribution in [-0.4, -0.2) is 50.4 Å². The summed E-state index contributed by atoms with van der Waals surface area (Å²) in [5.41, 5.74) is 10.6. The lowest BCUT2D eigenvalue weighted by atomic mass is 9.93. The number of nitrogens with one attached hydrogen (secondary N) is 2. The zero-order valence-corrected chi connectivity index (χ0v) is 18.3. The largest absolute Gasteiger partial charge is 0.497 e. The average molecular weight is 409 g/mol. The number of hydrazine groups is 1. The van der Waals surface area contributed by atoms with E-state index in [2.05, 4.69) is 70.7 Å². The summed E-state index contributed by atoms with van der Waals surface area (Å²) in [4.78, 5) is 2.43. The van der Waals surface area contributed by atoms with Gasteiger partial charge in [0, 0.05) is 54.9 Å². The Hall–Kier alpha value is -2.54. The highest BCUT2D eigenvalue weighted by Gasteiger charge is 2.31. The van der Waals surface area contributed by atoms with Crippen LogP contribution < -0.4 is 20.3 Å². The summed E-state index contributed by atoms with van der Waals surface area (Å²) < 4.78 is 13.4. The van der Waals surface area contributed by atoms with Gasteiger partial charge in [0.25, 0.3) is 0 Å². The second-order valence-corrected chi connectivity index (χ2v) is 8.13. The van der Waals surface area contributed by atoms with E-state index in [0.29, 0.717) is 5.92 Å². The molecule has 1 aliphatic heterocycles. The molecule has 1 aliphatic rings. The summed E-state index contributed by atoms with van der Waals surface area (Å²) in [5, 5.41) is 1.31. The highest BCUT2D eigenvalue weighted by molar-refractivity contribution is 5.81. The standard InChI is InChI=1S/C24H32N4O2/c1-17-13-18-7-5-6-8-22(18)28(17)12-11-27(2)16-19-15-25-26-24(19)21-10-9-20(29-3)14-23(21)30-4/h5-10,13-14,19,24-26H,11-12,15-16H2,1-4H3. The number of benzene rings is 2. The molecule has 160 valence electrons. The zero-order valence-electron chi connectivity index (χ0n) is 18.3. The van der Waals surface area contributed by atoms with Crippen LogP contribution in [-0.2, 0) is 6.54 Å². The maximum absolute atomic E-state index is 5.64. The van der Waals surface area contributed by atoms with E-state index >= 15 is 0 Å². The highest BCUT2D eigenvalue weighted by atomic mass is 16.5. The van der Waals surface area contributed by atoms with Crippen molar-refractivity contribution < 1.29 is 9.47 Å². The minimum Gasteiger partial charge on any atom is -0.497 e. The van der Waals surface area contributed by atoms with Gasteiger partial charge in [-0.3, -0.25) is 5.43 Å². The summed E-state index contributed by atoms with van der Waals surface area (Å²) in [5.74, 6) is 2.11. The monoisotopic (exact) mass is 408 g/mol. The molecule has 0 saturated carbocycles. The minimum atomic E-state index is 0.197. The molecular weight excluding hydrogens is 376 g/mol. The fraction of sp³-hybridized carbons (Fsp3) is 0.417. The molecule has 0 aliphatic carbocycles. The molecule has 2 atom stereocenters.